The van der Waals surface area contributed by atoms with Gasteiger partial charge in [-0.15, -0.1) is 0 Å². The molecule has 1 amide bonds. The first kappa shape index (κ1) is 11.4. The van der Waals surface area contributed by atoms with Gasteiger partial charge in [0, 0.05) is 24.2 Å². The first-order valence-corrected chi connectivity index (χ1v) is 5.35. The van der Waals surface area contributed by atoms with Crippen molar-refractivity contribution in [2.45, 2.75) is 12.5 Å². The smallest absolute Gasteiger partial charge is 0.246 e. The molecule has 2 N–H and O–H groups in total. The summed E-state index contributed by atoms with van der Waals surface area (Å²) in [5.41, 5.74) is 1.66. The predicted octanol–water partition coefficient (Wildman–Crippen LogP) is 1.19. The van der Waals surface area contributed by atoms with E-state index in [1.807, 2.05) is 18.2 Å². The van der Waals surface area contributed by atoms with Crippen molar-refractivity contribution in [3.05, 3.63) is 23.8 Å². The summed E-state index contributed by atoms with van der Waals surface area (Å²) in [5, 5.41) is 14.3. The number of hydrogen-bond acceptors (Lipinski definition) is 4. The number of nitrogens with zero attached hydrogens (tertiary/aromatic N) is 1. The fraction of sp³-hybridized carbons (Fsp3) is 0.333. The Balaban J connectivity index is 2.19. The van der Waals surface area contributed by atoms with Crippen molar-refractivity contribution < 1.29 is 9.53 Å². The number of ether oxygens (including phenoxy) is 1. The van der Waals surface area contributed by atoms with Gasteiger partial charge in [0.1, 0.15) is 11.8 Å². The highest BCUT2D eigenvalue weighted by Gasteiger charge is 2.30. The number of nitrogens with one attached hydrogen (secondary N) is 2. The van der Waals surface area contributed by atoms with Crippen molar-refractivity contribution in [2.75, 3.05) is 19.0 Å². The van der Waals surface area contributed by atoms with Crippen molar-refractivity contribution in [3.8, 4) is 11.8 Å². The largest absolute Gasteiger partial charge is 0.497 e. The summed E-state index contributed by atoms with van der Waals surface area (Å²) >= 11 is 0. The van der Waals surface area contributed by atoms with E-state index in [9.17, 15) is 4.79 Å². The van der Waals surface area contributed by atoms with Gasteiger partial charge in [0.25, 0.3) is 0 Å². The quantitative estimate of drug-likeness (QED) is 0.763. The molecule has 1 aliphatic rings. The molecule has 0 saturated heterocycles. The van der Waals surface area contributed by atoms with Crippen LogP contribution in [0.1, 0.15) is 18.0 Å². The molecular formula is C12H13N3O2. The van der Waals surface area contributed by atoms with Gasteiger partial charge >= 0.3 is 0 Å². The summed E-state index contributed by atoms with van der Waals surface area (Å²) < 4.78 is 5.13. The summed E-state index contributed by atoms with van der Waals surface area (Å²) in [6.07, 6.45) is 0.378. The molecule has 0 radical (unpaired) electrons. The Kier molecular flexibility index (Phi) is 3.26. The summed E-state index contributed by atoms with van der Waals surface area (Å²) in [6, 6.07) is 7.09. The summed E-state index contributed by atoms with van der Waals surface area (Å²) in [4.78, 5) is 11.7. The second-order valence-electron chi connectivity index (χ2n) is 3.74. The van der Waals surface area contributed by atoms with Crippen LogP contribution in [-0.2, 0) is 4.79 Å². The minimum Gasteiger partial charge on any atom is -0.497 e. The van der Waals surface area contributed by atoms with Crippen LogP contribution in [-0.4, -0.2) is 19.6 Å². The Bertz CT molecular complexity index is 479. The highest BCUT2D eigenvalue weighted by Crippen LogP contribution is 2.33. The van der Waals surface area contributed by atoms with E-state index in [1.54, 1.807) is 13.2 Å². The molecule has 1 aromatic rings. The molecule has 0 fully saturated rings. The van der Waals surface area contributed by atoms with Crippen LogP contribution in [0, 0.1) is 11.3 Å². The topological polar surface area (TPSA) is 74.1 Å². The molecule has 0 spiro atoms. The van der Waals surface area contributed by atoms with E-state index in [0.29, 0.717) is 18.7 Å². The molecule has 5 heteroatoms. The van der Waals surface area contributed by atoms with Crippen molar-refractivity contribution in [2.24, 2.45) is 0 Å². The Hall–Kier alpha value is -2.06. The maximum absolute atomic E-state index is 11.7. The second-order valence-corrected chi connectivity index (χ2v) is 3.74. The highest BCUT2D eigenvalue weighted by atomic mass is 16.5. The first-order valence-electron chi connectivity index (χ1n) is 5.35. The monoisotopic (exact) mass is 231 g/mol. The van der Waals surface area contributed by atoms with E-state index in [-0.39, 0.29) is 5.91 Å². The first-order chi connectivity index (χ1) is 8.26. The van der Waals surface area contributed by atoms with Crippen molar-refractivity contribution in [1.29, 1.82) is 5.26 Å². The van der Waals surface area contributed by atoms with Crippen molar-refractivity contribution in [3.63, 3.8) is 0 Å². The number of hydrogen-bond donors (Lipinski definition) is 2. The van der Waals surface area contributed by atoms with E-state index in [2.05, 4.69) is 10.6 Å². The highest BCUT2D eigenvalue weighted by molar-refractivity contribution is 6.02. The number of anilines is 1. The lowest BCUT2D eigenvalue weighted by molar-refractivity contribution is -0.117. The lowest BCUT2D eigenvalue weighted by Gasteiger charge is -2.10. The maximum Gasteiger partial charge on any atom is 0.246 e. The lowest BCUT2D eigenvalue weighted by atomic mass is 10.1. The van der Waals surface area contributed by atoms with Gasteiger partial charge < -0.3 is 15.4 Å². The number of carbonyl (C=O) groups is 1. The molecule has 0 aliphatic carbocycles. The average molecular weight is 231 g/mol. The normalized spacial score (nSPS) is 17.2. The van der Waals surface area contributed by atoms with Gasteiger partial charge in [-0.05, 0) is 18.2 Å². The molecule has 88 valence electrons. The summed E-state index contributed by atoms with van der Waals surface area (Å²) in [5.74, 6) is 0.624. The Morgan fingerprint density at radius 1 is 1.59 bits per heavy atom. The average Bonchev–Trinajstić information content (AvgIpc) is 2.65. The molecule has 5 nitrogen and oxygen atoms in total. The third-order valence-electron chi connectivity index (χ3n) is 2.68. The summed E-state index contributed by atoms with van der Waals surface area (Å²) in [7, 11) is 1.59. The Morgan fingerprint density at radius 2 is 2.41 bits per heavy atom. The van der Waals surface area contributed by atoms with Crippen LogP contribution in [0.25, 0.3) is 0 Å². The number of rotatable bonds is 4. The molecule has 1 unspecified atom stereocenters. The molecule has 1 aromatic carbocycles. The van der Waals surface area contributed by atoms with Crippen LogP contribution in [0.2, 0.25) is 0 Å². The van der Waals surface area contributed by atoms with Crippen LogP contribution in [0.15, 0.2) is 18.2 Å². The fourth-order valence-electron chi connectivity index (χ4n) is 1.84. The minimum atomic E-state index is -0.395. The van der Waals surface area contributed by atoms with Gasteiger partial charge in [0.05, 0.1) is 13.2 Å². The second kappa shape index (κ2) is 4.85. The van der Waals surface area contributed by atoms with E-state index in [4.69, 9.17) is 10.00 Å². The van der Waals surface area contributed by atoms with Crippen molar-refractivity contribution in [1.82, 2.24) is 5.32 Å². The molecule has 0 aromatic heterocycles. The zero-order chi connectivity index (χ0) is 12.3. The van der Waals surface area contributed by atoms with Crippen LogP contribution < -0.4 is 15.4 Å². The van der Waals surface area contributed by atoms with Gasteiger partial charge in [-0.2, -0.15) is 5.26 Å². The van der Waals surface area contributed by atoms with Gasteiger partial charge in [0.15, 0.2) is 0 Å². The number of nitriles is 1. The molecule has 0 saturated carbocycles. The number of amides is 1. The molecule has 0 bridgehead atoms. The number of fused-ring (bicyclic) bond motifs is 1. The van der Waals surface area contributed by atoms with Crippen LogP contribution in [0.4, 0.5) is 5.69 Å². The zero-order valence-corrected chi connectivity index (χ0v) is 9.49. The molecule has 1 aliphatic heterocycles. The number of methoxy groups -OCH3 is 1. The Morgan fingerprint density at radius 3 is 3.12 bits per heavy atom. The standard InChI is InChI=1S/C12H13N3O2/c1-17-8-3-4-10-9(7-8)11(12(16)15-10)14-6-2-5-13/h3-4,7,11,14H,2,6H2,1H3,(H,15,16). The van der Waals surface area contributed by atoms with Gasteiger partial charge in [-0.1, -0.05) is 0 Å². The van der Waals surface area contributed by atoms with Crippen LogP contribution in [0.3, 0.4) is 0 Å². The SMILES string of the molecule is COc1ccc2c(c1)C(NCCC#N)C(=O)N2. The van der Waals surface area contributed by atoms with E-state index < -0.39 is 6.04 Å². The molecule has 1 atom stereocenters. The zero-order valence-electron chi connectivity index (χ0n) is 9.49. The Labute approximate surface area is 99.4 Å². The van der Waals surface area contributed by atoms with Crippen molar-refractivity contribution >= 4 is 11.6 Å². The predicted molar refractivity (Wildman–Crippen MR) is 62.6 cm³/mol. The molecule has 17 heavy (non-hydrogen) atoms. The van der Waals surface area contributed by atoms with Crippen LogP contribution in [0.5, 0.6) is 5.75 Å². The third-order valence-corrected chi connectivity index (χ3v) is 2.68. The van der Waals surface area contributed by atoms with Gasteiger partial charge in [-0.25, -0.2) is 0 Å². The van der Waals surface area contributed by atoms with Crippen LogP contribution >= 0.6 is 0 Å². The van der Waals surface area contributed by atoms with E-state index in [1.165, 1.54) is 0 Å². The minimum absolute atomic E-state index is 0.0915. The van der Waals surface area contributed by atoms with Gasteiger partial charge in [-0.3, -0.25) is 4.79 Å². The maximum atomic E-state index is 11.7. The van der Waals surface area contributed by atoms with E-state index >= 15 is 0 Å². The molecular weight excluding hydrogens is 218 g/mol. The molecule has 2 rings (SSSR count). The fourth-order valence-corrected chi connectivity index (χ4v) is 1.84. The lowest BCUT2D eigenvalue weighted by Crippen LogP contribution is -2.28. The van der Waals surface area contributed by atoms with E-state index in [0.717, 1.165) is 11.3 Å². The number of carbonyl (C=O) groups excluding carboxylic acids is 1. The van der Waals surface area contributed by atoms with Gasteiger partial charge in [0.2, 0.25) is 5.91 Å². The third kappa shape index (κ3) is 2.22. The molecule has 1 heterocycles. The summed E-state index contributed by atoms with van der Waals surface area (Å²) in [6.45, 7) is 0.491. The number of benzene rings is 1.